The van der Waals surface area contributed by atoms with Crippen molar-refractivity contribution in [3.8, 4) is 0 Å². The molecule has 3 unspecified atom stereocenters. The first-order valence-corrected chi connectivity index (χ1v) is 32.1. The van der Waals surface area contributed by atoms with Crippen molar-refractivity contribution in [3.05, 3.63) is 71.4 Å². The number of carbonyl (C=O) groups is 2. The number of ether oxygens (including phenoxy) is 3. The van der Waals surface area contributed by atoms with E-state index in [1.807, 2.05) is 36.5 Å². The van der Waals surface area contributed by atoms with Crippen LogP contribution in [0.5, 0.6) is 0 Å². The fourth-order valence-electron chi connectivity index (χ4n) is 8.60. The summed E-state index contributed by atoms with van der Waals surface area (Å²) in [4.78, 5) is 62.1. The molecule has 448 valence electrons. The molecule has 0 amide bonds. The molecule has 1 aliphatic rings. The molecule has 78 heavy (non-hydrogen) atoms. The first kappa shape index (κ1) is 70.8. The van der Waals surface area contributed by atoms with E-state index < -0.39 is 89.8 Å². The van der Waals surface area contributed by atoms with Gasteiger partial charge in [-0.2, -0.15) is 9.29 Å². The van der Waals surface area contributed by atoms with Crippen LogP contribution in [0.15, 0.2) is 65.7 Å². The van der Waals surface area contributed by atoms with Gasteiger partial charge in [0.1, 0.15) is 30.7 Å². The van der Waals surface area contributed by atoms with E-state index in [2.05, 4.69) is 36.1 Å². The smallest absolute Gasteiger partial charge is 0.462 e. The normalized spacial score (nSPS) is 19.7. The summed E-state index contributed by atoms with van der Waals surface area (Å²) in [5, 5.41) is 31.1. The largest absolute Gasteiger partial charge is 0.481 e. The zero-order valence-electron chi connectivity index (χ0n) is 47.2. The minimum absolute atomic E-state index is 0.0592. The van der Waals surface area contributed by atoms with E-state index in [9.17, 15) is 48.6 Å². The van der Waals surface area contributed by atoms with Crippen molar-refractivity contribution in [2.24, 2.45) is 5.92 Å². The number of unbranched alkanes of at least 4 members (excludes halogenated alkanes) is 21. The van der Waals surface area contributed by atoms with E-state index >= 15 is 0 Å². The van der Waals surface area contributed by atoms with Crippen LogP contribution in [0, 0.1) is 5.92 Å². The molecule has 1 aliphatic heterocycles. The van der Waals surface area contributed by atoms with E-state index in [1.54, 1.807) is 6.08 Å². The molecule has 9 atom stereocenters. The summed E-state index contributed by atoms with van der Waals surface area (Å²) >= 11 is 0. The van der Waals surface area contributed by atoms with Gasteiger partial charge in [-0.25, -0.2) is 13.9 Å². The summed E-state index contributed by atoms with van der Waals surface area (Å²) in [5.74, 6) is -0.533. The van der Waals surface area contributed by atoms with Crippen molar-refractivity contribution in [2.45, 2.75) is 250 Å². The van der Waals surface area contributed by atoms with Crippen molar-refractivity contribution in [3.63, 3.8) is 0 Å². The number of phosphoric ester groups is 2. The van der Waals surface area contributed by atoms with Crippen molar-refractivity contribution in [2.75, 3.05) is 25.6 Å². The SMILES string of the molecule is CCCCC/C=C\C=C/[C@H](O)C/C=C\C/C=C/CCCC(=O)O[C@H](COC(=O)CCCCCCCCCCCCCCCCCCCCC(C)CC)COP(=O)(O)OP(=O)(O)OC[C@H]1O[C@@H](n2ccc(N)nc2=O)[C@H](O)[C@@H]1O. The molecule has 0 aliphatic carbocycles. The number of hydrogen-bond donors (Lipinski definition) is 6. The number of aromatic nitrogens is 2. The van der Waals surface area contributed by atoms with Gasteiger partial charge in [0.15, 0.2) is 12.3 Å². The third-order valence-corrected chi connectivity index (χ3v) is 16.1. The number of nitrogen functional groups attached to an aromatic ring is 1. The molecular weight excluding hydrogens is 1040 g/mol. The van der Waals surface area contributed by atoms with E-state index in [4.69, 9.17) is 29.0 Å². The highest BCUT2D eigenvalue weighted by Gasteiger charge is 2.46. The average Bonchev–Trinajstić information content (AvgIpc) is 3.68. The molecule has 2 heterocycles. The van der Waals surface area contributed by atoms with Crippen LogP contribution in [0.1, 0.15) is 220 Å². The van der Waals surface area contributed by atoms with Gasteiger partial charge < -0.3 is 45.1 Å². The lowest BCUT2D eigenvalue weighted by Gasteiger charge is -2.21. The van der Waals surface area contributed by atoms with Gasteiger partial charge in [0.05, 0.1) is 19.3 Å². The van der Waals surface area contributed by atoms with Crippen LogP contribution < -0.4 is 11.4 Å². The molecule has 0 spiro atoms. The summed E-state index contributed by atoms with van der Waals surface area (Å²) in [6.45, 7) is 4.40. The number of nitrogens with two attached hydrogens (primary N) is 1. The number of allylic oxidation sites excluding steroid dienone is 6. The molecule has 0 bridgehead atoms. The number of esters is 2. The van der Waals surface area contributed by atoms with Crippen molar-refractivity contribution in [1.29, 1.82) is 0 Å². The summed E-state index contributed by atoms with van der Waals surface area (Å²) < 4.78 is 56.9. The molecule has 0 radical (unpaired) electrons. The second-order valence-corrected chi connectivity index (χ2v) is 23.6. The quantitative estimate of drug-likeness (QED) is 0.0116. The fraction of sp³-hybridized carbons (Fsp3) is 0.754. The van der Waals surface area contributed by atoms with Gasteiger partial charge in [-0.05, 0) is 56.9 Å². The maximum atomic E-state index is 12.9. The zero-order valence-corrected chi connectivity index (χ0v) is 49.0. The van der Waals surface area contributed by atoms with Gasteiger partial charge in [-0.15, -0.1) is 0 Å². The Balaban J connectivity index is 1.77. The predicted octanol–water partition coefficient (Wildman–Crippen LogP) is 12.1. The summed E-state index contributed by atoms with van der Waals surface area (Å²) in [5.41, 5.74) is 4.59. The van der Waals surface area contributed by atoms with Crippen LogP contribution in [-0.2, 0) is 46.3 Å². The topological polar surface area (TPSA) is 286 Å². The maximum absolute atomic E-state index is 12.9. The molecule has 7 N–H and O–H groups in total. The van der Waals surface area contributed by atoms with Gasteiger partial charge in [0, 0.05) is 19.0 Å². The van der Waals surface area contributed by atoms with Crippen molar-refractivity contribution in [1.82, 2.24) is 9.55 Å². The Bertz CT molecular complexity index is 2030. The molecule has 1 aromatic rings. The Hall–Kier alpha value is -3.32. The van der Waals surface area contributed by atoms with Gasteiger partial charge in [0.2, 0.25) is 0 Å². The number of rotatable bonds is 48. The molecule has 1 saturated heterocycles. The lowest BCUT2D eigenvalue weighted by atomic mass is 9.99. The Morgan fingerprint density at radius 3 is 1.92 bits per heavy atom. The predicted molar refractivity (Wildman–Crippen MR) is 304 cm³/mol. The Kier molecular flexibility index (Phi) is 39.4. The second kappa shape index (κ2) is 43.4. The third-order valence-electron chi connectivity index (χ3n) is 13.5. The number of phosphoric acid groups is 2. The van der Waals surface area contributed by atoms with Crippen LogP contribution in [0.4, 0.5) is 5.82 Å². The second-order valence-electron chi connectivity index (χ2n) is 20.6. The van der Waals surface area contributed by atoms with Gasteiger partial charge in [-0.1, -0.05) is 204 Å². The van der Waals surface area contributed by atoms with Gasteiger partial charge in [-0.3, -0.25) is 23.2 Å². The highest BCUT2D eigenvalue weighted by molar-refractivity contribution is 7.61. The van der Waals surface area contributed by atoms with E-state index in [0.717, 1.165) is 55.2 Å². The molecule has 0 saturated carbocycles. The van der Waals surface area contributed by atoms with Crippen LogP contribution in [0.2, 0.25) is 0 Å². The average molecular weight is 1140 g/mol. The molecule has 19 nitrogen and oxygen atoms in total. The minimum Gasteiger partial charge on any atom is -0.462 e. The van der Waals surface area contributed by atoms with Crippen LogP contribution in [0.3, 0.4) is 0 Å². The first-order valence-electron chi connectivity index (χ1n) is 29.2. The maximum Gasteiger partial charge on any atom is 0.481 e. The van der Waals surface area contributed by atoms with Crippen LogP contribution >= 0.6 is 15.6 Å². The number of aliphatic hydroxyl groups is 3. The zero-order chi connectivity index (χ0) is 57.3. The Morgan fingerprint density at radius 1 is 0.731 bits per heavy atom. The molecule has 1 fully saturated rings. The summed E-state index contributed by atoms with van der Waals surface area (Å²) in [6.07, 6.45) is 39.2. The number of anilines is 1. The summed E-state index contributed by atoms with van der Waals surface area (Å²) in [7, 11) is -10.9. The number of carbonyl (C=O) groups excluding carboxylic acids is 2. The number of aliphatic hydroxyl groups excluding tert-OH is 3. The van der Waals surface area contributed by atoms with Gasteiger partial charge >= 0.3 is 33.3 Å². The monoisotopic (exact) mass is 1140 g/mol. The number of hydrogen-bond acceptors (Lipinski definition) is 16. The van der Waals surface area contributed by atoms with E-state index in [0.29, 0.717) is 32.1 Å². The lowest BCUT2D eigenvalue weighted by molar-refractivity contribution is -0.161. The number of nitrogens with zero attached hydrogens (tertiary/aromatic N) is 2. The van der Waals surface area contributed by atoms with Crippen LogP contribution in [-0.4, -0.2) is 96.9 Å². The van der Waals surface area contributed by atoms with E-state index in [-0.39, 0.29) is 18.7 Å². The molecule has 1 aromatic heterocycles. The van der Waals surface area contributed by atoms with Crippen LogP contribution in [0.25, 0.3) is 0 Å². The fourth-order valence-corrected chi connectivity index (χ4v) is 10.7. The minimum atomic E-state index is -5.45. The molecular formula is C57H99N3O16P2. The highest BCUT2D eigenvalue weighted by Crippen LogP contribution is 2.60. The molecule has 2 rings (SSSR count). The highest BCUT2D eigenvalue weighted by atomic mass is 31.3. The first-order chi connectivity index (χ1) is 37.5. The standard InChI is InChI=1S/C57H99N3O16P2/c1-4-6-7-8-22-28-33-38-48(61)39-34-29-24-21-26-31-36-41-53(63)74-49(44-71-52(62)40-35-30-25-20-18-16-14-12-10-9-11-13-15-17-19-23-27-32-37-47(3)5-2)45-72-77(67,68)76-78(69,70)73-46-50-54(64)55(65)56(75-50)60-43-42-51(58)59-57(60)66/h21-22,26,28-29,33-34,38,42-43,47-50,54-56,61,64-65H,4-20,23-25,27,30-32,35-37,39-41,44-46H2,1-3H3,(H,67,68)(H,69,70)(H2,58,59,66)/b26-21+,28-22-,34-29-,38-33-/t47?,48-,49+,50+,54+,55+,56+/m0/s1. The van der Waals surface area contributed by atoms with E-state index in [1.165, 1.54) is 115 Å². The van der Waals surface area contributed by atoms with Crippen molar-refractivity contribution >= 4 is 33.4 Å². The summed E-state index contributed by atoms with van der Waals surface area (Å²) in [6, 6.07) is 1.24. The Labute approximate surface area is 465 Å². The molecule has 0 aromatic carbocycles. The Morgan fingerprint density at radius 2 is 1.31 bits per heavy atom. The molecule has 21 heteroatoms. The van der Waals surface area contributed by atoms with Gasteiger partial charge in [0.25, 0.3) is 0 Å². The third kappa shape index (κ3) is 35.4. The lowest BCUT2D eigenvalue weighted by Crippen LogP contribution is -2.36. The van der Waals surface area contributed by atoms with Crippen molar-refractivity contribution < 1.29 is 71.4 Å².